The molecule has 4 heteroatoms. The highest BCUT2D eigenvalue weighted by Gasteiger charge is 2.03. The molecule has 3 nitrogen and oxygen atoms in total. The van der Waals surface area contributed by atoms with Crippen molar-refractivity contribution in [1.29, 1.82) is 0 Å². The number of nitrogens with one attached hydrogen (secondary N) is 2. The van der Waals surface area contributed by atoms with Gasteiger partial charge in [-0.05, 0) is 35.7 Å². The molecule has 1 amide bonds. The van der Waals surface area contributed by atoms with E-state index >= 15 is 0 Å². The lowest BCUT2D eigenvalue weighted by atomic mass is 10.2. The molecule has 0 spiro atoms. The lowest BCUT2D eigenvalue weighted by Crippen LogP contribution is -2.37. The van der Waals surface area contributed by atoms with E-state index in [-0.39, 0.29) is 5.91 Å². The summed E-state index contributed by atoms with van der Waals surface area (Å²) in [7, 11) is 0. The van der Waals surface area contributed by atoms with Crippen LogP contribution in [0.2, 0.25) is 0 Å². The molecule has 0 saturated heterocycles. The van der Waals surface area contributed by atoms with Crippen molar-refractivity contribution in [3.05, 3.63) is 22.4 Å². The fourth-order valence-corrected chi connectivity index (χ4v) is 1.74. The average Bonchev–Trinajstić information content (AvgIpc) is 2.75. The van der Waals surface area contributed by atoms with Crippen LogP contribution in [0.4, 0.5) is 0 Å². The van der Waals surface area contributed by atoms with Crippen LogP contribution in [0.15, 0.2) is 16.8 Å². The van der Waals surface area contributed by atoms with E-state index in [1.165, 1.54) is 0 Å². The minimum Gasteiger partial charge on any atom is -0.351 e. The zero-order chi connectivity index (χ0) is 11.1. The van der Waals surface area contributed by atoms with Gasteiger partial charge in [0.15, 0.2) is 0 Å². The Labute approximate surface area is 94.9 Å². The molecule has 0 aromatic carbocycles. The smallest absolute Gasteiger partial charge is 0.234 e. The van der Waals surface area contributed by atoms with Crippen molar-refractivity contribution < 1.29 is 4.79 Å². The largest absolute Gasteiger partial charge is 0.351 e. The monoisotopic (exact) mass is 226 g/mol. The Morgan fingerprint density at radius 2 is 2.40 bits per heavy atom. The summed E-state index contributed by atoms with van der Waals surface area (Å²) in [5.41, 5.74) is 1.16. The standard InChI is InChI=1S/C11H18N2OS/c1-3-9(2)12-7-11(14)13-6-10-4-5-15-8-10/h4-5,8-9,12H,3,6-7H2,1-2H3,(H,13,14). The molecule has 2 N–H and O–H groups in total. The first-order valence-electron chi connectivity index (χ1n) is 5.23. The van der Waals surface area contributed by atoms with E-state index in [9.17, 15) is 4.79 Å². The molecule has 84 valence electrons. The molecule has 1 rings (SSSR count). The Balaban J connectivity index is 2.14. The molecule has 1 atom stereocenters. The number of carbonyl (C=O) groups is 1. The molecule has 0 aliphatic rings. The second-order valence-electron chi connectivity index (χ2n) is 3.60. The van der Waals surface area contributed by atoms with Gasteiger partial charge in [-0.1, -0.05) is 6.92 Å². The molecule has 0 radical (unpaired) electrons. The molecular weight excluding hydrogens is 208 g/mol. The molecule has 15 heavy (non-hydrogen) atoms. The Morgan fingerprint density at radius 1 is 1.60 bits per heavy atom. The summed E-state index contributed by atoms with van der Waals surface area (Å²) in [4.78, 5) is 11.4. The topological polar surface area (TPSA) is 41.1 Å². The zero-order valence-electron chi connectivity index (χ0n) is 9.25. The number of hydrogen-bond donors (Lipinski definition) is 2. The summed E-state index contributed by atoms with van der Waals surface area (Å²) in [6.07, 6.45) is 1.04. The van der Waals surface area contributed by atoms with Gasteiger partial charge in [0.2, 0.25) is 5.91 Å². The van der Waals surface area contributed by atoms with Gasteiger partial charge in [-0.25, -0.2) is 0 Å². The Morgan fingerprint density at radius 3 is 3.00 bits per heavy atom. The highest BCUT2D eigenvalue weighted by Crippen LogP contribution is 2.04. The molecule has 0 aliphatic carbocycles. The van der Waals surface area contributed by atoms with Crippen molar-refractivity contribution in [2.24, 2.45) is 0 Å². The third-order valence-electron chi connectivity index (χ3n) is 2.29. The molecule has 1 aromatic rings. The minimum absolute atomic E-state index is 0.0569. The zero-order valence-corrected chi connectivity index (χ0v) is 10.1. The molecule has 0 saturated carbocycles. The molecule has 0 fully saturated rings. The van der Waals surface area contributed by atoms with E-state index in [4.69, 9.17) is 0 Å². The number of hydrogen-bond acceptors (Lipinski definition) is 3. The van der Waals surface area contributed by atoms with Crippen LogP contribution in [0.25, 0.3) is 0 Å². The molecule has 0 bridgehead atoms. The van der Waals surface area contributed by atoms with Crippen LogP contribution >= 0.6 is 11.3 Å². The second kappa shape index (κ2) is 6.58. The number of carbonyl (C=O) groups excluding carboxylic acids is 1. The summed E-state index contributed by atoms with van der Waals surface area (Å²) in [5.74, 6) is 0.0569. The van der Waals surface area contributed by atoms with Gasteiger partial charge < -0.3 is 10.6 Å². The van der Waals surface area contributed by atoms with Gasteiger partial charge in [0.25, 0.3) is 0 Å². The van der Waals surface area contributed by atoms with E-state index in [0.717, 1.165) is 12.0 Å². The van der Waals surface area contributed by atoms with Gasteiger partial charge >= 0.3 is 0 Å². The van der Waals surface area contributed by atoms with Crippen molar-refractivity contribution in [2.75, 3.05) is 6.54 Å². The van der Waals surface area contributed by atoms with Crippen molar-refractivity contribution in [2.45, 2.75) is 32.9 Å². The normalized spacial score (nSPS) is 12.4. The lowest BCUT2D eigenvalue weighted by molar-refractivity contribution is -0.120. The number of thiophene rings is 1. The van der Waals surface area contributed by atoms with Gasteiger partial charge in [0.1, 0.15) is 0 Å². The highest BCUT2D eigenvalue weighted by molar-refractivity contribution is 7.07. The maximum atomic E-state index is 11.4. The summed E-state index contributed by atoms with van der Waals surface area (Å²) < 4.78 is 0. The van der Waals surface area contributed by atoms with Crippen molar-refractivity contribution in [3.8, 4) is 0 Å². The van der Waals surface area contributed by atoms with Gasteiger partial charge in [0.05, 0.1) is 6.54 Å². The van der Waals surface area contributed by atoms with E-state index in [0.29, 0.717) is 19.1 Å². The van der Waals surface area contributed by atoms with E-state index in [1.54, 1.807) is 11.3 Å². The van der Waals surface area contributed by atoms with Gasteiger partial charge in [-0.3, -0.25) is 4.79 Å². The average molecular weight is 226 g/mol. The first kappa shape index (κ1) is 12.2. The Kier molecular flexibility index (Phi) is 5.36. The van der Waals surface area contributed by atoms with Crippen LogP contribution in [0.3, 0.4) is 0 Å². The van der Waals surface area contributed by atoms with Crippen molar-refractivity contribution in [3.63, 3.8) is 0 Å². The summed E-state index contributed by atoms with van der Waals surface area (Å²) in [5, 5.41) is 10.1. The van der Waals surface area contributed by atoms with E-state index in [2.05, 4.69) is 24.5 Å². The van der Waals surface area contributed by atoms with E-state index < -0.39 is 0 Å². The first-order valence-corrected chi connectivity index (χ1v) is 6.17. The summed E-state index contributed by atoms with van der Waals surface area (Å²) in [6, 6.07) is 2.42. The van der Waals surface area contributed by atoms with Crippen LogP contribution in [0.1, 0.15) is 25.8 Å². The third kappa shape index (κ3) is 4.95. The fraction of sp³-hybridized carbons (Fsp3) is 0.545. The number of rotatable bonds is 6. The van der Waals surface area contributed by atoms with Crippen molar-refractivity contribution in [1.82, 2.24) is 10.6 Å². The fourth-order valence-electron chi connectivity index (χ4n) is 1.07. The van der Waals surface area contributed by atoms with Crippen LogP contribution in [0, 0.1) is 0 Å². The van der Waals surface area contributed by atoms with Gasteiger partial charge in [-0.15, -0.1) is 0 Å². The van der Waals surface area contributed by atoms with Gasteiger partial charge in [-0.2, -0.15) is 11.3 Å². The van der Waals surface area contributed by atoms with Crippen LogP contribution in [-0.4, -0.2) is 18.5 Å². The van der Waals surface area contributed by atoms with E-state index in [1.807, 2.05) is 16.8 Å². The minimum atomic E-state index is 0.0569. The maximum absolute atomic E-state index is 11.4. The molecule has 1 unspecified atom stereocenters. The maximum Gasteiger partial charge on any atom is 0.234 e. The van der Waals surface area contributed by atoms with Crippen molar-refractivity contribution >= 4 is 17.2 Å². The third-order valence-corrected chi connectivity index (χ3v) is 3.03. The summed E-state index contributed by atoms with van der Waals surface area (Å²) in [6.45, 7) is 5.21. The Bertz CT molecular complexity index is 285. The molecular formula is C11H18N2OS. The van der Waals surface area contributed by atoms with Crippen LogP contribution in [-0.2, 0) is 11.3 Å². The summed E-state index contributed by atoms with van der Waals surface area (Å²) >= 11 is 1.65. The lowest BCUT2D eigenvalue weighted by Gasteiger charge is -2.10. The first-order chi connectivity index (χ1) is 7.22. The number of amides is 1. The quantitative estimate of drug-likeness (QED) is 0.776. The van der Waals surface area contributed by atoms with Crippen LogP contribution in [0.5, 0.6) is 0 Å². The molecule has 1 heterocycles. The predicted molar refractivity (Wildman–Crippen MR) is 63.9 cm³/mol. The SMILES string of the molecule is CCC(C)NCC(=O)NCc1ccsc1. The Hall–Kier alpha value is -0.870. The van der Waals surface area contributed by atoms with Gasteiger partial charge in [0, 0.05) is 12.6 Å². The predicted octanol–water partition coefficient (Wildman–Crippen LogP) is 1.75. The molecule has 1 aromatic heterocycles. The van der Waals surface area contributed by atoms with Crippen LogP contribution < -0.4 is 10.6 Å². The molecule has 0 aliphatic heterocycles. The highest BCUT2D eigenvalue weighted by atomic mass is 32.1. The second-order valence-corrected chi connectivity index (χ2v) is 4.38.